The fourth-order valence-corrected chi connectivity index (χ4v) is 4.19. The molecule has 0 fully saturated rings. The van der Waals surface area contributed by atoms with E-state index in [0.29, 0.717) is 16.4 Å². The molecular weight excluding hydrogens is 386 g/mol. The molecule has 0 radical (unpaired) electrons. The summed E-state index contributed by atoms with van der Waals surface area (Å²) in [6.07, 6.45) is 8.30. The lowest BCUT2D eigenvalue weighted by Crippen LogP contribution is -2.31. The van der Waals surface area contributed by atoms with Crippen molar-refractivity contribution < 1.29 is 4.79 Å². The highest BCUT2D eigenvalue weighted by atomic mass is 35.5. The molecule has 1 unspecified atom stereocenters. The van der Waals surface area contributed by atoms with Gasteiger partial charge in [-0.1, -0.05) is 41.9 Å². The van der Waals surface area contributed by atoms with E-state index in [2.05, 4.69) is 27.5 Å². The van der Waals surface area contributed by atoms with Gasteiger partial charge in [-0.3, -0.25) is 9.48 Å². The third-order valence-electron chi connectivity index (χ3n) is 5.41. The fourth-order valence-electron chi connectivity index (χ4n) is 3.98. The minimum Gasteiger partial charge on any atom is -0.344 e. The van der Waals surface area contributed by atoms with Crippen molar-refractivity contribution in [2.45, 2.75) is 31.8 Å². The molecule has 1 amide bonds. The van der Waals surface area contributed by atoms with Crippen LogP contribution in [0.4, 0.5) is 0 Å². The molecule has 146 valence electrons. The summed E-state index contributed by atoms with van der Waals surface area (Å²) in [5.74, 6) is -0.196. The van der Waals surface area contributed by atoms with Crippen molar-refractivity contribution >= 4 is 23.2 Å². The number of hydrogen-bond acceptors (Lipinski definition) is 3. The van der Waals surface area contributed by atoms with Crippen LogP contribution in [-0.2, 0) is 13.0 Å². The van der Waals surface area contributed by atoms with E-state index in [1.54, 1.807) is 16.7 Å². The summed E-state index contributed by atoms with van der Waals surface area (Å²) in [7, 11) is 0. The number of amides is 1. The van der Waals surface area contributed by atoms with Crippen molar-refractivity contribution in [1.29, 1.82) is 0 Å². The number of benzene rings is 1. The third-order valence-corrected chi connectivity index (χ3v) is 5.71. The lowest BCUT2D eigenvalue weighted by Gasteiger charge is -2.24. The summed E-state index contributed by atoms with van der Waals surface area (Å²) in [5, 5.41) is 8.26. The second-order valence-electron chi connectivity index (χ2n) is 7.32. The summed E-state index contributed by atoms with van der Waals surface area (Å²) in [4.78, 5) is 17.2. The van der Waals surface area contributed by atoms with Gasteiger partial charge in [0.05, 0.1) is 23.8 Å². The monoisotopic (exact) mass is 405 g/mol. The Balaban J connectivity index is 1.37. The van der Waals surface area contributed by atoms with Crippen LogP contribution in [0.3, 0.4) is 0 Å². The number of carbonyl (C=O) groups excluding carboxylic acids is 1. The van der Waals surface area contributed by atoms with Crippen molar-refractivity contribution in [1.82, 2.24) is 24.5 Å². The Kier molecular flexibility index (Phi) is 4.56. The molecule has 0 bridgehead atoms. The van der Waals surface area contributed by atoms with Crippen molar-refractivity contribution in [2.24, 2.45) is 0 Å². The molecule has 1 N–H and O–H groups in total. The molecule has 1 aromatic carbocycles. The minimum atomic E-state index is -0.196. The summed E-state index contributed by atoms with van der Waals surface area (Å²) >= 11 is 6.18. The van der Waals surface area contributed by atoms with Crippen molar-refractivity contribution in [3.63, 3.8) is 0 Å². The molecule has 0 spiro atoms. The molecule has 29 heavy (non-hydrogen) atoms. The van der Waals surface area contributed by atoms with Gasteiger partial charge in [0.15, 0.2) is 5.65 Å². The van der Waals surface area contributed by atoms with Crippen LogP contribution in [0.5, 0.6) is 0 Å². The SMILES string of the molecule is O=C(NC1CCCc2c1cnn2Cc1ccccc1)c1cn2cccc(Cl)c2n1. The molecule has 3 heterocycles. The smallest absolute Gasteiger partial charge is 0.271 e. The van der Waals surface area contributed by atoms with Gasteiger partial charge in [0, 0.05) is 23.7 Å². The van der Waals surface area contributed by atoms with Crippen molar-refractivity contribution in [2.75, 3.05) is 0 Å². The number of hydrogen-bond donors (Lipinski definition) is 1. The van der Waals surface area contributed by atoms with Gasteiger partial charge in [0.1, 0.15) is 5.69 Å². The fraction of sp³-hybridized carbons (Fsp3) is 0.227. The normalized spacial score (nSPS) is 16.0. The van der Waals surface area contributed by atoms with Crippen molar-refractivity contribution in [3.05, 3.63) is 88.6 Å². The summed E-state index contributed by atoms with van der Waals surface area (Å²) in [6.45, 7) is 0.738. The number of nitrogens with zero attached hydrogens (tertiary/aromatic N) is 4. The van der Waals surface area contributed by atoms with Gasteiger partial charge in [-0.05, 0) is 37.0 Å². The van der Waals surface area contributed by atoms with E-state index in [1.165, 1.54) is 11.3 Å². The molecule has 1 aliphatic rings. The van der Waals surface area contributed by atoms with Crippen LogP contribution in [0.2, 0.25) is 5.02 Å². The Bertz CT molecular complexity index is 1180. The second kappa shape index (κ2) is 7.37. The number of carbonyl (C=O) groups is 1. The Labute approximate surface area is 173 Å². The van der Waals surface area contributed by atoms with Crippen LogP contribution in [0.15, 0.2) is 61.1 Å². The maximum atomic E-state index is 12.8. The van der Waals surface area contributed by atoms with E-state index in [4.69, 9.17) is 11.6 Å². The molecule has 5 rings (SSSR count). The first kappa shape index (κ1) is 17.9. The predicted octanol–water partition coefficient (Wildman–Crippen LogP) is 4.04. The van der Waals surface area contributed by atoms with Crippen LogP contribution in [0.25, 0.3) is 5.65 Å². The molecule has 0 saturated carbocycles. The van der Waals surface area contributed by atoms with Gasteiger partial charge in [-0.25, -0.2) is 4.98 Å². The van der Waals surface area contributed by atoms with Gasteiger partial charge >= 0.3 is 0 Å². The summed E-state index contributed by atoms with van der Waals surface area (Å²) < 4.78 is 3.81. The van der Waals surface area contributed by atoms with Gasteiger partial charge in [0.2, 0.25) is 0 Å². The van der Waals surface area contributed by atoms with Crippen LogP contribution in [-0.4, -0.2) is 25.1 Å². The number of pyridine rings is 1. The number of imidazole rings is 1. The predicted molar refractivity (Wildman–Crippen MR) is 111 cm³/mol. The molecule has 4 aromatic rings. The van der Waals surface area contributed by atoms with Gasteiger partial charge < -0.3 is 9.72 Å². The lowest BCUT2D eigenvalue weighted by atomic mass is 9.93. The molecule has 6 nitrogen and oxygen atoms in total. The zero-order valence-corrected chi connectivity index (χ0v) is 16.5. The molecule has 0 saturated heterocycles. The second-order valence-corrected chi connectivity index (χ2v) is 7.73. The van der Waals surface area contributed by atoms with Crippen LogP contribution < -0.4 is 5.32 Å². The Morgan fingerprint density at radius 1 is 1.21 bits per heavy atom. The first-order valence-electron chi connectivity index (χ1n) is 9.71. The standard InChI is InChI=1S/C22H20ClN5O/c23-17-8-5-11-27-14-19(25-21(17)27)22(29)26-18-9-4-10-20-16(18)12-24-28(20)13-15-6-2-1-3-7-15/h1-3,5-8,11-12,14,18H,4,9-10,13H2,(H,26,29). The van der Waals surface area contributed by atoms with E-state index in [1.807, 2.05) is 41.3 Å². The maximum Gasteiger partial charge on any atom is 0.271 e. The first-order chi connectivity index (χ1) is 14.2. The average Bonchev–Trinajstić information content (AvgIpc) is 3.35. The van der Waals surface area contributed by atoms with Gasteiger partial charge in [0.25, 0.3) is 5.91 Å². The zero-order chi connectivity index (χ0) is 19.8. The highest BCUT2D eigenvalue weighted by Crippen LogP contribution is 2.30. The van der Waals surface area contributed by atoms with E-state index in [9.17, 15) is 4.79 Å². The Morgan fingerprint density at radius 2 is 2.07 bits per heavy atom. The van der Waals surface area contributed by atoms with Crippen LogP contribution in [0, 0.1) is 0 Å². The zero-order valence-electron chi connectivity index (χ0n) is 15.8. The number of halogens is 1. The Hall–Kier alpha value is -3.12. The van der Waals surface area contributed by atoms with Crippen LogP contribution in [0.1, 0.15) is 46.2 Å². The molecule has 7 heteroatoms. The van der Waals surface area contributed by atoms with E-state index < -0.39 is 0 Å². The number of aromatic nitrogens is 4. The van der Waals surface area contributed by atoms with Crippen molar-refractivity contribution in [3.8, 4) is 0 Å². The van der Waals surface area contributed by atoms with E-state index in [0.717, 1.165) is 31.4 Å². The molecule has 1 atom stereocenters. The summed E-state index contributed by atoms with van der Waals surface area (Å²) in [5.41, 5.74) is 4.46. The van der Waals surface area contributed by atoms with Gasteiger partial charge in [-0.15, -0.1) is 0 Å². The average molecular weight is 406 g/mol. The maximum absolute atomic E-state index is 12.8. The highest BCUT2D eigenvalue weighted by molar-refractivity contribution is 6.33. The topological polar surface area (TPSA) is 64.2 Å². The molecule has 0 aliphatic heterocycles. The Morgan fingerprint density at radius 3 is 2.90 bits per heavy atom. The quantitative estimate of drug-likeness (QED) is 0.557. The number of nitrogens with one attached hydrogen (secondary N) is 1. The minimum absolute atomic E-state index is 0.0592. The largest absolute Gasteiger partial charge is 0.344 e. The van der Waals surface area contributed by atoms with Gasteiger partial charge in [-0.2, -0.15) is 5.10 Å². The molecule has 3 aromatic heterocycles. The third kappa shape index (κ3) is 3.40. The summed E-state index contributed by atoms with van der Waals surface area (Å²) in [6, 6.07) is 13.8. The number of fused-ring (bicyclic) bond motifs is 2. The van der Waals surface area contributed by atoms with Crippen LogP contribution >= 0.6 is 11.6 Å². The molecular formula is C22H20ClN5O. The highest BCUT2D eigenvalue weighted by Gasteiger charge is 2.26. The van der Waals surface area contributed by atoms with E-state index in [-0.39, 0.29) is 11.9 Å². The lowest BCUT2D eigenvalue weighted by molar-refractivity contribution is 0.0928. The number of rotatable bonds is 4. The molecule has 1 aliphatic carbocycles. The first-order valence-corrected chi connectivity index (χ1v) is 10.1. The van der Waals surface area contributed by atoms with E-state index >= 15 is 0 Å².